The second-order valence-corrected chi connectivity index (χ2v) is 9.26. The van der Waals surface area contributed by atoms with E-state index in [1.807, 2.05) is 6.92 Å². The Labute approximate surface area is 163 Å². The molecule has 0 aliphatic heterocycles. The summed E-state index contributed by atoms with van der Waals surface area (Å²) in [6.07, 6.45) is 3.35. The van der Waals surface area contributed by atoms with Gasteiger partial charge in [0, 0.05) is 0 Å². The molecule has 0 radical (unpaired) electrons. The van der Waals surface area contributed by atoms with Crippen molar-refractivity contribution < 1.29 is 28.6 Å². The highest BCUT2D eigenvalue weighted by Gasteiger charge is 2.48. The van der Waals surface area contributed by atoms with Gasteiger partial charge in [-0.3, -0.25) is 14.4 Å². The van der Waals surface area contributed by atoms with Gasteiger partial charge >= 0.3 is 17.9 Å². The van der Waals surface area contributed by atoms with Crippen LogP contribution in [-0.2, 0) is 28.6 Å². The largest absolute Gasteiger partial charge is 0.465 e. The normalized spacial score (nSPS) is 23.4. The van der Waals surface area contributed by atoms with Crippen LogP contribution in [0.25, 0.3) is 0 Å². The number of rotatable bonds is 6. The van der Waals surface area contributed by atoms with Gasteiger partial charge < -0.3 is 14.2 Å². The summed E-state index contributed by atoms with van der Waals surface area (Å²) in [5.41, 5.74) is -1.37. The zero-order chi connectivity index (χ0) is 20.8. The molecular formula is C21H36O6. The number of carbonyl (C=O) groups excluding carboxylic acids is 3. The molecule has 0 N–H and O–H groups in total. The maximum Gasteiger partial charge on any atom is 0.311 e. The van der Waals surface area contributed by atoms with E-state index in [-0.39, 0.29) is 0 Å². The first-order chi connectivity index (χ1) is 12.4. The minimum Gasteiger partial charge on any atom is -0.465 e. The molecule has 1 fully saturated rings. The molecule has 6 nitrogen and oxygen atoms in total. The molecule has 0 heterocycles. The van der Waals surface area contributed by atoms with Crippen LogP contribution in [0.5, 0.6) is 0 Å². The van der Waals surface area contributed by atoms with Gasteiger partial charge in [0.05, 0.1) is 24.4 Å². The molecule has 0 aromatic heterocycles. The van der Waals surface area contributed by atoms with Crippen molar-refractivity contribution in [2.75, 3.05) is 6.61 Å². The maximum atomic E-state index is 12.9. The second-order valence-electron chi connectivity index (χ2n) is 9.26. The lowest BCUT2D eigenvalue weighted by Gasteiger charge is -2.36. The molecule has 0 aromatic rings. The van der Waals surface area contributed by atoms with Crippen LogP contribution in [0.3, 0.4) is 0 Å². The molecule has 0 aromatic carbocycles. The summed E-state index contributed by atoms with van der Waals surface area (Å²) in [4.78, 5) is 38.3. The Morgan fingerprint density at radius 3 is 1.78 bits per heavy atom. The Kier molecular flexibility index (Phi) is 8.30. The van der Waals surface area contributed by atoms with Gasteiger partial charge in [-0.05, 0) is 60.8 Å². The van der Waals surface area contributed by atoms with Crippen LogP contribution in [0.15, 0.2) is 0 Å². The number of carbonyl (C=O) groups is 3. The lowest BCUT2D eigenvalue weighted by Crippen LogP contribution is -2.46. The topological polar surface area (TPSA) is 78.9 Å². The highest BCUT2D eigenvalue weighted by molar-refractivity contribution is 5.88. The van der Waals surface area contributed by atoms with Gasteiger partial charge in [-0.15, -0.1) is 0 Å². The first kappa shape index (κ1) is 23.4. The number of unbranched alkanes of at least 4 members (excludes halogenated alkanes) is 1. The van der Waals surface area contributed by atoms with E-state index in [9.17, 15) is 14.4 Å². The summed E-state index contributed by atoms with van der Waals surface area (Å²) in [5.74, 6) is -3.66. The zero-order valence-corrected chi connectivity index (χ0v) is 17.9. The zero-order valence-electron chi connectivity index (χ0n) is 17.9. The Morgan fingerprint density at radius 2 is 1.30 bits per heavy atom. The van der Waals surface area contributed by atoms with E-state index in [1.54, 1.807) is 41.5 Å². The Morgan fingerprint density at radius 1 is 0.815 bits per heavy atom. The molecule has 156 valence electrons. The van der Waals surface area contributed by atoms with E-state index >= 15 is 0 Å². The van der Waals surface area contributed by atoms with E-state index in [2.05, 4.69) is 0 Å². The van der Waals surface area contributed by atoms with E-state index in [1.165, 1.54) is 0 Å². The van der Waals surface area contributed by atoms with Crippen LogP contribution < -0.4 is 0 Å². The number of hydrogen-bond acceptors (Lipinski definition) is 6. The van der Waals surface area contributed by atoms with Crippen LogP contribution in [0, 0.1) is 17.8 Å². The predicted molar refractivity (Wildman–Crippen MR) is 102 cm³/mol. The van der Waals surface area contributed by atoms with Crippen LogP contribution in [0.2, 0.25) is 0 Å². The molecule has 3 atom stereocenters. The van der Waals surface area contributed by atoms with E-state index in [0.717, 1.165) is 12.8 Å². The molecule has 0 bridgehead atoms. The van der Waals surface area contributed by atoms with Crippen molar-refractivity contribution in [3.05, 3.63) is 0 Å². The Balaban J connectivity index is 3.07. The SMILES string of the molecule is CCCCOC(=O)C1CCCC(C(=O)OC(C)(C)C)C1C(=O)OC(C)(C)C. The average molecular weight is 385 g/mol. The molecule has 0 spiro atoms. The summed E-state index contributed by atoms with van der Waals surface area (Å²) < 4.78 is 16.4. The van der Waals surface area contributed by atoms with Crippen molar-refractivity contribution >= 4 is 17.9 Å². The third-order valence-corrected chi connectivity index (χ3v) is 4.33. The number of esters is 3. The molecule has 1 aliphatic carbocycles. The summed E-state index contributed by atoms with van der Waals surface area (Å²) >= 11 is 0. The third-order valence-electron chi connectivity index (χ3n) is 4.33. The van der Waals surface area contributed by atoms with Gasteiger partial charge in [0.15, 0.2) is 0 Å². The molecular weight excluding hydrogens is 348 g/mol. The van der Waals surface area contributed by atoms with Crippen molar-refractivity contribution in [3.63, 3.8) is 0 Å². The lowest BCUT2D eigenvalue weighted by molar-refractivity contribution is -0.182. The maximum absolute atomic E-state index is 12.9. The van der Waals surface area contributed by atoms with Crippen LogP contribution in [0.4, 0.5) is 0 Å². The highest BCUT2D eigenvalue weighted by Crippen LogP contribution is 2.39. The molecule has 0 saturated heterocycles. The second kappa shape index (κ2) is 9.56. The monoisotopic (exact) mass is 384 g/mol. The van der Waals surface area contributed by atoms with Gasteiger partial charge in [0.25, 0.3) is 0 Å². The molecule has 3 unspecified atom stereocenters. The fourth-order valence-corrected chi connectivity index (χ4v) is 3.23. The molecule has 1 saturated carbocycles. The van der Waals surface area contributed by atoms with E-state index < -0.39 is 46.9 Å². The Bertz CT molecular complexity index is 526. The summed E-state index contributed by atoms with van der Waals surface area (Å²) in [5, 5.41) is 0. The van der Waals surface area contributed by atoms with Crippen molar-refractivity contribution in [2.45, 2.75) is 91.8 Å². The quantitative estimate of drug-likeness (QED) is 0.391. The van der Waals surface area contributed by atoms with Crippen LogP contribution in [-0.4, -0.2) is 35.7 Å². The fraction of sp³-hybridized carbons (Fsp3) is 0.857. The van der Waals surface area contributed by atoms with E-state index in [0.29, 0.717) is 25.9 Å². The lowest BCUT2D eigenvalue weighted by atomic mass is 9.71. The minimum absolute atomic E-state index is 0.323. The Hall–Kier alpha value is -1.59. The average Bonchev–Trinajstić information content (AvgIpc) is 2.51. The van der Waals surface area contributed by atoms with Gasteiger partial charge in [-0.1, -0.05) is 19.8 Å². The van der Waals surface area contributed by atoms with Gasteiger partial charge in [0.1, 0.15) is 11.2 Å². The number of hydrogen-bond donors (Lipinski definition) is 0. The summed E-state index contributed by atoms with van der Waals surface area (Å²) in [6.45, 7) is 13.0. The van der Waals surface area contributed by atoms with E-state index in [4.69, 9.17) is 14.2 Å². The van der Waals surface area contributed by atoms with Crippen LogP contribution in [0.1, 0.15) is 80.6 Å². The molecule has 6 heteroatoms. The summed E-state index contributed by atoms with van der Waals surface area (Å²) in [7, 11) is 0. The first-order valence-corrected chi connectivity index (χ1v) is 9.98. The van der Waals surface area contributed by atoms with Crippen molar-refractivity contribution in [1.82, 2.24) is 0 Å². The van der Waals surface area contributed by atoms with Crippen molar-refractivity contribution in [2.24, 2.45) is 17.8 Å². The predicted octanol–water partition coefficient (Wildman–Crippen LogP) is 4.05. The van der Waals surface area contributed by atoms with Gasteiger partial charge in [-0.2, -0.15) is 0 Å². The molecule has 1 aliphatic rings. The molecule has 0 amide bonds. The van der Waals surface area contributed by atoms with Gasteiger partial charge in [0.2, 0.25) is 0 Å². The molecule has 1 rings (SSSR count). The third kappa shape index (κ3) is 7.89. The van der Waals surface area contributed by atoms with Crippen molar-refractivity contribution in [1.29, 1.82) is 0 Å². The minimum atomic E-state index is -0.873. The molecule has 27 heavy (non-hydrogen) atoms. The van der Waals surface area contributed by atoms with Crippen molar-refractivity contribution in [3.8, 4) is 0 Å². The summed E-state index contributed by atoms with van der Waals surface area (Å²) in [6, 6.07) is 0. The first-order valence-electron chi connectivity index (χ1n) is 9.98. The fourth-order valence-electron chi connectivity index (χ4n) is 3.23. The van der Waals surface area contributed by atoms with Crippen LogP contribution >= 0.6 is 0 Å². The highest BCUT2D eigenvalue weighted by atomic mass is 16.6. The smallest absolute Gasteiger partial charge is 0.311 e. The van der Waals surface area contributed by atoms with Gasteiger partial charge in [-0.25, -0.2) is 0 Å². The number of ether oxygens (including phenoxy) is 3. The standard InChI is InChI=1S/C21H36O6/c1-8-9-13-25-17(22)14-11-10-12-15(18(23)26-20(2,3)4)16(14)19(24)27-21(5,6)7/h14-16H,8-13H2,1-7H3.